The third kappa shape index (κ3) is 3.19. The number of amides is 2. The average molecular weight is 326 g/mol. The van der Waals surface area contributed by atoms with Gasteiger partial charge in [0.2, 0.25) is 11.8 Å². The van der Waals surface area contributed by atoms with Crippen molar-refractivity contribution in [3.8, 4) is 0 Å². The Morgan fingerprint density at radius 3 is 2.33 bits per heavy atom. The summed E-state index contributed by atoms with van der Waals surface area (Å²) in [7, 11) is 0. The summed E-state index contributed by atoms with van der Waals surface area (Å²) in [5.74, 6) is 1.13. The zero-order valence-corrected chi connectivity index (χ0v) is 14.2. The maximum Gasteiger partial charge on any atom is 0.227 e. The molecular formula is C20H26N2O2. The Hall–Kier alpha value is -1.84. The fourth-order valence-corrected chi connectivity index (χ4v) is 4.23. The standard InChI is InChI=1S/C20H26N2O2/c23-19-9-6-17(14-22(19)18-7-8-18)20(24)21-12-10-16(11-13-21)15-4-2-1-3-5-15/h1-5,16-18H,6-14H2. The molecule has 3 aliphatic rings. The summed E-state index contributed by atoms with van der Waals surface area (Å²) >= 11 is 0. The predicted octanol–water partition coefficient (Wildman–Crippen LogP) is 2.79. The van der Waals surface area contributed by atoms with Crippen LogP contribution in [-0.2, 0) is 9.59 Å². The number of rotatable bonds is 3. The van der Waals surface area contributed by atoms with Crippen LogP contribution in [-0.4, -0.2) is 47.3 Å². The molecule has 0 radical (unpaired) electrons. The van der Waals surface area contributed by atoms with Gasteiger partial charge in [0.1, 0.15) is 0 Å². The van der Waals surface area contributed by atoms with Gasteiger partial charge in [0.25, 0.3) is 0 Å². The molecule has 4 nitrogen and oxygen atoms in total. The van der Waals surface area contributed by atoms with E-state index in [0.29, 0.717) is 24.9 Å². The van der Waals surface area contributed by atoms with Crippen LogP contribution in [0.5, 0.6) is 0 Å². The van der Waals surface area contributed by atoms with Crippen LogP contribution in [0.4, 0.5) is 0 Å². The van der Waals surface area contributed by atoms with E-state index in [-0.39, 0.29) is 17.7 Å². The number of piperidine rings is 2. The third-order valence-electron chi connectivity index (χ3n) is 5.86. The zero-order chi connectivity index (χ0) is 16.5. The van der Waals surface area contributed by atoms with Gasteiger partial charge in [-0.3, -0.25) is 9.59 Å². The van der Waals surface area contributed by atoms with E-state index >= 15 is 0 Å². The van der Waals surface area contributed by atoms with Crippen molar-refractivity contribution in [3.63, 3.8) is 0 Å². The summed E-state index contributed by atoms with van der Waals surface area (Å²) in [6.45, 7) is 2.36. The highest BCUT2D eigenvalue weighted by molar-refractivity contribution is 5.84. The molecule has 1 unspecified atom stereocenters. The molecule has 0 N–H and O–H groups in total. The first-order valence-corrected chi connectivity index (χ1v) is 9.35. The van der Waals surface area contributed by atoms with Gasteiger partial charge >= 0.3 is 0 Å². The van der Waals surface area contributed by atoms with Gasteiger partial charge < -0.3 is 9.80 Å². The van der Waals surface area contributed by atoms with Gasteiger partial charge in [-0.2, -0.15) is 0 Å². The van der Waals surface area contributed by atoms with E-state index in [1.54, 1.807) is 0 Å². The van der Waals surface area contributed by atoms with Gasteiger partial charge in [-0.1, -0.05) is 30.3 Å². The minimum Gasteiger partial charge on any atom is -0.342 e. The maximum absolute atomic E-state index is 12.9. The summed E-state index contributed by atoms with van der Waals surface area (Å²) in [5.41, 5.74) is 1.40. The van der Waals surface area contributed by atoms with E-state index in [1.807, 2.05) is 9.80 Å². The maximum atomic E-state index is 12.9. The number of hydrogen-bond donors (Lipinski definition) is 0. The minimum atomic E-state index is 0.0246. The first-order chi connectivity index (χ1) is 11.7. The number of likely N-dealkylation sites (tertiary alicyclic amines) is 2. The highest BCUT2D eigenvalue weighted by Crippen LogP contribution is 2.33. The largest absolute Gasteiger partial charge is 0.342 e. The highest BCUT2D eigenvalue weighted by atomic mass is 16.2. The Kier molecular flexibility index (Phi) is 4.30. The second kappa shape index (κ2) is 6.58. The van der Waals surface area contributed by atoms with Gasteiger partial charge in [0, 0.05) is 32.1 Å². The first-order valence-electron chi connectivity index (χ1n) is 9.35. The Bertz CT molecular complexity index is 603. The molecule has 0 bridgehead atoms. The fourth-order valence-electron chi connectivity index (χ4n) is 4.23. The van der Waals surface area contributed by atoms with E-state index in [2.05, 4.69) is 30.3 Å². The lowest BCUT2D eigenvalue weighted by atomic mass is 9.88. The van der Waals surface area contributed by atoms with E-state index in [0.717, 1.165) is 45.2 Å². The smallest absolute Gasteiger partial charge is 0.227 e. The Morgan fingerprint density at radius 2 is 1.67 bits per heavy atom. The van der Waals surface area contributed by atoms with Crippen LogP contribution in [0.25, 0.3) is 0 Å². The van der Waals surface area contributed by atoms with Crippen LogP contribution in [0.3, 0.4) is 0 Å². The zero-order valence-electron chi connectivity index (χ0n) is 14.2. The summed E-state index contributed by atoms with van der Waals surface area (Å²) < 4.78 is 0. The van der Waals surface area contributed by atoms with Crippen LogP contribution in [0.2, 0.25) is 0 Å². The quantitative estimate of drug-likeness (QED) is 0.857. The molecule has 0 spiro atoms. The topological polar surface area (TPSA) is 40.6 Å². The lowest BCUT2D eigenvalue weighted by molar-refractivity contribution is -0.144. The molecule has 3 fully saturated rings. The highest BCUT2D eigenvalue weighted by Gasteiger charge is 2.40. The lowest BCUT2D eigenvalue weighted by Crippen LogP contribution is -2.49. The van der Waals surface area contributed by atoms with Crippen LogP contribution in [0.15, 0.2) is 30.3 Å². The van der Waals surface area contributed by atoms with Crippen molar-refractivity contribution in [1.29, 1.82) is 0 Å². The summed E-state index contributed by atoms with van der Waals surface area (Å²) in [4.78, 5) is 28.9. The minimum absolute atomic E-state index is 0.0246. The molecule has 128 valence electrons. The molecule has 1 aromatic carbocycles. The molecule has 24 heavy (non-hydrogen) atoms. The normalized spacial score (nSPS) is 25.8. The van der Waals surface area contributed by atoms with Gasteiger partial charge in [0.05, 0.1) is 5.92 Å². The second-order valence-corrected chi connectivity index (χ2v) is 7.52. The van der Waals surface area contributed by atoms with E-state index in [9.17, 15) is 9.59 Å². The molecule has 4 rings (SSSR count). The number of carbonyl (C=O) groups is 2. The Labute approximate surface area is 143 Å². The van der Waals surface area contributed by atoms with Gasteiger partial charge in [-0.15, -0.1) is 0 Å². The summed E-state index contributed by atoms with van der Waals surface area (Å²) in [6.07, 6.45) is 5.62. The van der Waals surface area contributed by atoms with E-state index in [1.165, 1.54) is 5.56 Å². The lowest BCUT2D eigenvalue weighted by Gasteiger charge is -2.38. The molecular weight excluding hydrogens is 300 g/mol. The molecule has 2 heterocycles. The van der Waals surface area contributed by atoms with Crippen molar-refractivity contribution in [1.82, 2.24) is 9.80 Å². The Balaban J connectivity index is 1.33. The molecule has 2 amide bonds. The van der Waals surface area contributed by atoms with Crippen molar-refractivity contribution < 1.29 is 9.59 Å². The Morgan fingerprint density at radius 1 is 0.958 bits per heavy atom. The molecule has 1 aromatic rings. The second-order valence-electron chi connectivity index (χ2n) is 7.52. The molecule has 2 aliphatic heterocycles. The monoisotopic (exact) mass is 326 g/mol. The van der Waals surface area contributed by atoms with Crippen molar-refractivity contribution in [2.45, 2.75) is 50.5 Å². The fraction of sp³-hybridized carbons (Fsp3) is 0.600. The van der Waals surface area contributed by atoms with Crippen molar-refractivity contribution in [2.24, 2.45) is 5.92 Å². The number of nitrogens with zero attached hydrogens (tertiary/aromatic N) is 2. The molecule has 1 aliphatic carbocycles. The van der Waals surface area contributed by atoms with Crippen molar-refractivity contribution in [2.75, 3.05) is 19.6 Å². The van der Waals surface area contributed by atoms with Crippen molar-refractivity contribution in [3.05, 3.63) is 35.9 Å². The molecule has 0 aromatic heterocycles. The van der Waals surface area contributed by atoms with Crippen LogP contribution in [0.1, 0.15) is 50.0 Å². The van der Waals surface area contributed by atoms with Crippen LogP contribution in [0, 0.1) is 5.92 Å². The SMILES string of the molecule is O=C(C1CCC(=O)N(C2CC2)C1)N1CCC(c2ccccc2)CC1. The average Bonchev–Trinajstić information content (AvgIpc) is 3.47. The van der Waals surface area contributed by atoms with Gasteiger partial charge in [-0.25, -0.2) is 0 Å². The summed E-state index contributed by atoms with van der Waals surface area (Å²) in [5, 5.41) is 0. The molecule has 1 atom stereocenters. The van der Waals surface area contributed by atoms with Crippen LogP contribution < -0.4 is 0 Å². The first kappa shape index (κ1) is 15.7. The number of benzene rings is 1. The van der Waals surface area contributed by atoms with Crippen LogP contribution >= 0.6 is 0 Å². The van der Waals surface area contributed by atoms with E-state index in [4.69, 9.17) is 0 Å². The third-order valence-corrected chi connectivity index (χ3v) is 5.86. The number of carbonyl (C=O) groups excluding carboxylic acids is 2. The predicted molar refractivity (Wildman–Crippen MR) is 92.5 cm³/mol. The molecule has 1 saturated carbocycles. The number of hydrogen-bond acceptors (Lipinski definition) is 2. The van der Waals surface area contributed by atoms with Crippen molar-refractivity contribution >= 4 is 11.8 Å². The molecule has 4 heteroatoms. The van der Waals surface area contributed by atoms with E-state index < -0.39 is 0 Å². The molecule has 2 saturated heterocycles. The van der Waals surface area contributed by atoms with Gasteiger partial charge in [-0.05, 0) is 43.6 Å². The summed E-state index contributed by atoms with van der Waals surface area (Å²) in [6, 6.07) is 11.1. The van der Waals surface area contributed by atoms with Gasteiger partial charge in [0.15, 0.2) is 0 Å².